The summed E-state index contributed by atoms with van der Waals surface area (Å²) in [6.45, 7) is 4.24. The lowest BCUT2D eigenvalue weighted by Gasteiger charge is -2.30. The molecule has 0 radical (unpaired) electrons. The monoisotopic (exact) mass is 423 g/mol. The molecule has 0 unspecified atom stereocenters. The highest BCUT2D eigenvalue weighted by Gasteiger charge is 2.46. The van der Waals surface area contributed by atoms with Gasteiger partial charge in [0.2, 0.25) is 0 Å². The maximum atomic E-state index is 6.39. The summed E-state index contributed by atoms with van der Waals surface area (Å²) < 4.78 is 6.39. The smallest absolute Gasteiger partial charge is 0.161 e. The first-order valence-corrected chi connectivity index (χ1v) is 11.3. The molecule has 2 aliphatic rings. The molecule has 5 rings (SSSR count). The van der Waals surface area contributed by atoms with Crippen molar-refractivity contribution in [2.24, 2.45) is 4.99 Å². The van der Waals surface area contributed by atoms with Crippen LogP contribution in [0.1, 0.15) is 42.4 Å². The summed E-state index contributed by atoms with van der Waals surface area (Å²) in [5.74, 6) is 2.82. The fourth-order valence-electron chi connectivity index (χ4n) is 4.07. The van der Waals surface area contributed by atoms with Crippen molar-refractivity contribution in [2.75, 3.05) is 5.75 Å². The summed E-state index contributed by atoms with van der Waals surface area (Å²) in [4.78, 5) is 12.1. The number of benzene rings is 1. The van der Waals surface area contributed by atoms with Gasteiger partial charge in [0.1, 0.15) is 23.6 Å². The minimum absolute atomic E-state index is 0.0227. The molecule has 6 heteroatoms. The summed E-state index contributed by atoms with van der Waals surface area (Å²) in [5.41, 5.74) is 3.03. The van der Waals surface area contributed by atoms with E-state index in [0.717, 1.165) is 50.7 Å². The van der Waals surface area contributed by atoms with Crippen molar-refractivity contribution < 1.29 is 4.42 Å². The molecule has 1 aromatic carbocycles. The van der Waals surface area contributed by atoms with Gasteiger partial charge in [-0.2, -0.15) is 0 Å². The molecule has 0 amide bonds. The highest BCUT2D eigenvalue weighted by molar-refractivity contribution is 8.14. The largest absolute Gasteiger partial charge is 0.459 e. The second-order valence-corrected chi connectivity index (χ2v) is 8.90. The number of aliphatic imine (C=N–C) groups is 1. The first kappa shape index (κ1) is 18.8. The van der Waals surface area contributed by atoms with Gasteiger partial charge in [0.25, 0.3) is 0 Å². The van der Waals surface area contributed by atoms with E-state index in [1.54, 1.807) is 0 Å². The average Bonchev–Trinajstić information content (AvgIpc) is 3.45. The summed E-state index contributed by atoms with van der Waals surface area (Å²) >= 11 is 8.17. The van der Waals surface area contributed by atoms with E-state index < -0.39 is 0 Å². The van der Waals surface area contributed by atoms with Crippen LogP contribution in [0.3, 0.4) is 0 Å². The van der Waals surface area contributed by atoms with Crippen molar-refractivity contribution in [3.8, 4) is 11.3 Å². The number of furan rings is 1. The Hall–Kier alpha value is -2.24. The second-order valence-electron chi connectivity index (χ2n) is 7.50. The zero-order valence-corrected chi connectivity index (χ0v) is 18.0. The number of thioether (sulfide) groups is 1. The van der Waals surface area contributed by atoms with Gasteiger partial charge in [0.15, 0.2) is 5.17 Å². The number of halogens is 1. The van der Waals surface area contributed by atoms with Crippen LogP contribution in [0.5, 0.6) is 0 Å². The molecule has 0 saturated carbocycles. The molecule has 2 aliphatic heterocycles. The van der Waals surface area contributed by atoms with Gasteiger partial charge < -0.3 is 9.32 Å². The van der Waals surface area contributed by atoms with Crippen LogP contribution in [0, 0.1) is 6.92 Å². The Bertz CT molecular complexity index is 1060. The average molecular weight is 424 g/mol. The first-order chi connectivity index (χ1) is 14.2. The van der Waals surface area contributed by atoms with Gasteiger partial charge in [-0.15, -0.1) is 0 Å². The SMILES string of the molecule is CC[C@H]1CSC2=N[C@@H](c3ccccn3)[C@@H](c3ccc(-c4ccc(C)c(Cl)c4)o3)N21. The van der Waals surface area contributed by atoms with Gasteiger partial charge in [0, 0.05) is 28.6 Å². The topological polar surface area (TPSA) is 41.6 Å². The summed E-state index contributed by atoms with van der Waals surface area (Å²) in [7, 11) is 0. The second kappa shape index (κ2) is 7.54. The first-order valence-electron chi connectivity index (χ1n) is 9.92. The van der Waals surface area contributed by atoms with Crippen LogP contribution in [0.25, 0.3) is 11.3 Å². The van der Waals surface area contributed by atoms with E-state index in [-0.39, 0.29) is 12.1 Å². The van der Waals surface area contributed by atoms with Crippen LogP contribution in [0.2, 0.25) is 5.02 Å². The Kier molecular flexibility index (Phi) is 4.88. The number of aryl methyl sites for hydroxylation is 1. The van der Waals surface area contributed by atoms with Crippen LogP contribution in [-0.2, 0) is 0 Å². The van der Waals surface area contributed by atoms with Crippen molar-refractivity contribution in [1.82, 2.24) is 9.88 Å². The highest BCUT2D eigenvalue weighted by Crippen LogP contribution is 2.49. The van der Waals surface area contributed by atoms with E-state index in [1.807, 2.05) is 55.2 Å². The van der Waals surface area contributed by atoms with Crippen molar-refractivity contribution in [3.05, 3.63) is 76.8 Å². The number of hydrogen-bond acceptors (Lipinski definition) is 5. The Morgan fingerprint density at radius 2 is 2.10 bits per heavy atom. The zero-order valence-electron chi connectivity index (χ0n) is 16.4. The fraction of sp³-hybridized carbons (Fsp3) is 0.304. The number of rotatable bonds is 4. The number of hydrogen-bond donors (Lipinski definition) is 0. The Labute approximate surface area is 180 Å². The third kappa shape index (κ3) is 3.26. The van der Waals surface area contributed by atoms with Gasteiger partial charge in [0.05, 0.1) is 5.69 Å². The van der Waals surface area contributed by atoms with Gasteiger partial charge in [-0.05, 0) is 49.2 Å². The van der Waals surface area contributed by atoms with Crippen LogP contribution < -0.4 is 0 Å². The molecule has 29 heavy (non-hydrogen) atoms. The van der Waals surface area contributed by atoms with Crippen LogP contribution in [0.15, 0.2) is 64.1 Å². The number of pyridine rings is 1. The fourth-order valence-corrected chi connectivity index (χ4v) is 5.59. The standard InChI is InChI=1S/C23H22ClN3OS/c1-3-16-13-29-23-26-21(18-6-4-5-11-25-18)22(27(16)23)20-10-9-19(28-20)15-8-7-14(2)17(24)12-15/h4-12,16,21-22H,3,13H2,1-2H3/t16-,21-,22+/m0/s1. The summed E-state index contributed by atoms with van der Waals surface area (Å²) in [5, 5.41) is 1.86. The third-order valence-electron chi connectivity index (χ3n) is 5.70. The van der Waals surface area contributed by atoms with E-state index in [0.29, 0.717) is 6.04 Å². The lowest BCUT2D eigenvalue weighted by molar-refractivity contribution is 0.226. The molecule has 0 bridgehead atoms. The van der Waals surface area contributed by atoms with Crippen molar-refractivity contribution in [3.63, 3.8) is 0 Å². The molecule has 1 fully saturated rings. The van der Waals surface area contributed by atoms with Crippen molar-refractivity contribution >= 4 is 28.5 Å². The number of fused-ring (bicyclic) bond motifs is 1. The van der Waals surface area contributed by atoms with Gasteiger partial charge >= 0.3 is 0 Å². The van der Waals surface area contributed by atoms with E-state index in [4.69, 9.17) is 21.0 Å². The quantitative estimate of drug-likeness (QED) is 0.495. The molecule has 148 valence electrons. The predicted molar refractivity (Wildman–Crippen MR) is 119 cm³/mol. The summed E-state index contributed by atoms with van der Waals surface area (Å²) in [6, 6.07) is 16.6. The maximum absolute atomic E-state index is 6.39. The van der Waals surface area contributed by atoms with E-state index in [1.165, 1.54) is 0 Å². The molecule has 4 nitrogen and oxygen atoms in total. The molecular formula is C23H22ClN3OS. The molecule has 3 aromatic rings. The molecule has 4 heterocycles. The van der Waals surface area contributed by atoms with Crippen molar-refractivity contribution in [1.29, 1.82) is 0 Å². The lowest BCUT2D eigenvalue weighted by atomic mass is 10.0. The minimum atomic E-state index is -0.0614. The van der Waals surface area contributed by atoms with E-state index in [9.17, 15) is 0 Å². The van der Waals surface area contributed by atoms with E-state index >= 15 is 0 Å². The Morgan fingerprint density at radius 1 is 1.21 bits per heavy atom. The normalized spacial score (nSPS) is 23.3. The van der Waals surface area contributed by atoms with Crippen LogP contribution in [0.4, 0.5) is 0 Å². The number of amidine groups is 1. The molecule has 2 aromatic heterocycles. The maximum Gasteiger partial charge on any atom is 0.161 e. The molecule has 1 saturated heterocycles. The van der Waals surface area contributed by atoms with Crippen molar-refractivity contribution in [2.45, 2.75) is 38.4 Å². The van der Waals surface area contributed by atoms with Crippen LogP contribution in [-0.4, -0.2) is 26.8 Å². The third-order valence-corrected chi connectivity index (χ3v) is 7.24. The molecule has 3 atom stereocenters. The predicted octanol–water partition coefficient (Wildman–Crippen LogP) is 6.28. The highest BCUT2D eigenvalue weighted by atomic mass is 35.5. The van der Waals surface area contributed by atoms with Gasteiger partial charge in [-0.1, -0.05) is 48.5 Å². The molecular weight excluding hydrogens is 402 g/mol. The molecule has 0 N–H and O–H groups in total. The molecule has 0 spiro atoms. The minimum Gasteiger partial charge on any atom is -0.459 e. The Morgan fingerprint density at radius 3 is 2.86 bits per heavy atom. The summed E-state index contributed by atoms with van der Waals surface area (Å²) in [6.07, 6.45) is 2.92. The number of nitrogens with zero attached hydrogens (tertiary/aromatic N) is 3. The Balaban J connectivity index is 1.55. The lowest BCUT2D eigenvalue weighted by Crippen LogP contribution is -2.35. The number of aromatic nitrogens is 1. The molecule has 0 aliphatic carbocycles. The van der Waals surface area contributed by atoms with Crippen LogP contribution >= 0.6 is 23.4 Å². The van der Waals surface area contributed by atoms with Gasteiger partial charge in [-0.3, -0.25) is 4.98 Å². The van der Waals surface area contributed by atoms with E-state index in [2.05, 4.69) is 35.0 Å². The zero-order chi connectivity index (χ0) is 20.0. The van der Waals surface area contributed by atoms with Gasteiger partial charge in [-0.25, -0.2) is 4.99 Å².